The molecule has 0 spiro atoms. The molecular weight excluding hydrogens is 491 g/mol. The number of benzene rings is 2. The molecule has 2 aromatic heterocycles. The molecule has 0 bridgehead atoms. The van der Waals surface area contributed by atoms with Crippen molar-refractivity contribution in [3.63, 3.8) is 0 Å². The number of nitrogens with one attached hydrogen (secondary N) is 1. The summed E-state index contributed by atoms with van der Waals surface area (Å²) in [5.41, 5.74) is 3.06. The third kappa shape index (κ3) is 5.38. The van der Waals surface area contributed by atoms with Crippen molar-refractivity contribution >= 4 is 28.9 Å². The molecule has 0 fully saturated rings. The Bertz CT molecular complexity index is 1460. The second kappa shape index (κ2) is 10.2. The van der Waals surface area contributed by atoms with Gasteiger partial charge in [0.15, 0.2) is 11.5 Å². The Hall–Kier alpha value is -4.18. The van der Waals surface area contributed by atoms with Gasteiger partial charge in [-0.1, -0.05) is 23.7 Å². The highest BCUT2D eigenvalue weighted by atomic mass is 35.5. The van der Waals surface area contributed by atoms with Crippen molar-refractivity contribution in [2.75, 3.05) is 5.32 Å². The van der Waals surface area contributed by atoms with Crippen LogP contribution in [-0.4, -0.2) is 20.6 Å². The summed E-state index contributed by atoms with van der Waals surface area (Å²) in [7, 11) is 0. The number of halogens is 2. The molecule has 1 amide bonds. The Balaban J connectivity index is 1.44. The lowest BCUT2D eigenvalue weighted by molar-refractivity contribution is -0.386. The van der Waals surface area contributed by atoms with Crippen LogP contribution in [0.15, 0.2) is 52.9 Å². The number of hydrogen-bond donors (Lipinski definition) is 1. The predicted molar refractivity (Wildman–Crippen MR) is 131 cm³/mol. The fourth-order valence-electron chi connectivity index (χ4n) is 3.64. The number of anilines is 1. The lowest BCUT2D eigenvalue weighted by atomic mass is 10.2. The number of carbonyl (C=O) groups excluding carboxylic acids is 1. The van der Waals surface area contributed by atoms with Gasteiger partial charge in [0.1, 0.15) is 18.2 Å². The first-order valence-corrected chi connectivity index (χ1v) is 11.3. The maximum absolute atomic E-state index is 13.3. The van der Waals surface area contributed by atoms with Gasteiger partial charge < -0.3 is 14.5 Å². The zero-order chi connectivity index (χ0) is 26.0. The minimum atomic E-state index is -0.516. The Morgan fingerprint density at radius 2 is 1.97 bits per heavy atom. The van der Waals surface area contributed by atoms with Crippen LogP contribution in [0.3, 0.4) is 0 Å². The maximum Gasteiger partial charge on any atom is 0.311 e. The molecule has 4 rings (SSSR count). The maximum atomic E-state index is 13.3. The number of aromatic nitrogens is 2. The van der Waals surface area contributed by atoms with Crippen molar-refractivity contribution in [1.82, 2.24) is 9.78 Å². The number of nitro benzene ring substituents is 1. The normalized spacial score (nSPS) is 10.9. The molecule has 0 atom stereocenters. The van der Waals surface area contributed by atoms with Gasteiger partial charge in [-0.25, -0.2) is 4.39 Å². The van der Waals surface area contributed by atoms with E-state index in [1.807, 2.05) is 0 Å². The third-order valence-corrected chi connectivity index (χ3v) is 5.87. The fourth-order valence-corrected chi connectivity index (χ4v) is 3.86. The number of ether oxygens (including phenoxy) is 1. The van der Waals surface area contributed by atoms with Crippen LogP contribution in [0.2, 0.25) is 5.02 Å². The summed E-state index contributed by atoms with van der Waals surface area (Å²) >= 11 is 6.13. The van der Waals surface area contributed by atoms with Crippen molar-refractivity contribution in [1.29, 1.82) is 0 Å². The molecular formula is C25H22ClFN4O5. The fraction of sp³-hybridized carbons (Fsp3) is 0.200. The van der Waals surface area contributed by atoms with Gasteiger partial charge in [0.2, 0.25) is 0 Å². The number of aryl methyl sites for hydroxylation is 2. The molecule has 186 valence electrons. The Morgan fingerprint density at radius 1 is 1.19 bits per heavy atom. The summed E-state index contributed by atoms with van der Waals surface area (Å²) in [4.78, 5) is 23.6. The van der Waals surface area contributed by atoms with Crippen LogP contribution in [0.1, 0.15) is 38.8 Å². The third-order valence-electron chi connectivity index (χ3n) is 5.52. The predicted octanol–water partition coefficient (Wildman–Crippen LogP) is 5.98. The zero-order valence-electron chi connectivity index (χ0n) is 19.7. The van der Waals surface area contributed by atoms with Crippen LogP contribution >= 0.6 is 11.6 Å². The first-order valence-electron chi connectivity index (χ1n) is 10.9. The molecule has 2 aromatic carbocycles. The number of carbonyl (C=O) groups is 1. The molecule has 0 unspecified atom stereocenters. The van der Waals surface area contributed by atoms with Crippen molar-refractivity contribution in [3.05, 3.63) is 104 Å². The Kier molecular flexibility index (Phi) is 7.07. The molecule has 0 aliphatic heterocycles. The van der Waals surface area contributed by atoms with Crippen LogP contribution in [0.4, 0.5) is 15.8 Å². The van der Waals surface area contributed by atoms with Gasteiger partial charge in [-0.05, 0) is 62.2 Å². The first-order chi connectivity index (χ1) is 17.1. The second-order valence-corrected chi connectivity index (χ2v) is 8.58. The zero-order valence-corrected chi connectivity index (χ0v) is 20.4. The molecule has 9 nitrogen and oxygen atoms in total. The molecule has 0 aliphatic carbocycles. The van der Waals surface area contributed by atoms with Crippen molar-refractivity contribution in [2.24, 2.45) is 0 Å². The largest absolute Gasteiger partial charge is 0.479 e. The quantitative estimate of drug-likeness (QED) is 0.229. The van der Waals surface area contributed by atoms with E-state index in [4.69, 9.17) is 20.8 Å². The van der Waals surface area contributed by atoms with E-state index in [0.29, 0.717) is 34.9 Å². The lowest BCUT2D eigenvalue weighted by Gasteiger charge is -2.08. The van der Waals surface area contributed by atoms with E-state index in [-0.39, 0.29) is 28.8 Å². The van der Waals surface area contributed by atoms with Crippen LogP contribution in [0.25, 0.3) is 0 Å². The highest BCUT2D eigenvalue weighted by Gasteiger charge is 2.20. The van der Waals surface area contributed by atoms with Crippen LogP contribution in [-0.2, 0) is 13.2 Å². The number of amides is 1. The summed E-state index contributed by atoms with van der Waals surface area (Å²) < 4.78 is 26.1. The van der Waals surface area contributed by atoms with Crippen molar-refractivity contribution < 1.29 is 23.3 Å². The SMILES string of the molecule is Cc1ccc(OCc2ccc(C(=O)Nc3c(C)nn(Cc4ccc(F)cc4Cl)c3C)o2)c([N+](=O)[O-])c1. The number of rotatable bonds is 8. The van der Waals surface area contributed by atoms with E-state index in [1.165, 1.54) is 30.3 Å². The summed E-state index contributed by atoms with van der Waals surface area (Å²) in [6, 6.07) is 11.9. The highest BCUT2D eigenvalue weighted by Crippen LogP contribution is 2.29. The number of furan rings is 1. The van der Waals surface area contributed by atoms with Crippen LogP contribution in [0, 0.1) is 36.7 Å². The number of nitrogens with zero attached hydrogens (tertiary/aromatic N) is 3. The average molecular weight is 513 g/mol. The smallest absolute Gasteiger partial charge is 0.311 e. The number of hydrogen-bond acceptors (Lipinski definition) is 6. The summed E-state index contributed by atoms with van der Waals surface area (Å²) in [6.45, 7) is 5.50. The molecule has 0 aliphatic rings. The molecule has 0 radical (unpaired) electrons. The molecule has 4 aromatic rings. The van der Waals surface area contributed by atoms with Crippen molar-refractivity contribution in [3.8, 4) is 5.75 Å². The summed E-state index contributed by atoms with van der Waals surface area (Å²) in [5, 5.41) is 18.8. The van der Waals surface area contributed by atoms with Gasteiger partial charge in [-0.15, -0.1) is 0 Å². The van der Waals surface area contributed by atoms with Gasteiger partial charge in [0, 0.05) is 11.1 Å². The van der Waals surface area contributed by atoms with Crippen LogP contribution in [0.5, 0.6) is 5.75 Å². The molecule has 2 heterocycles. The van der Waals surface area contributed by atoms with E-state index in [2.05, 4.69) is 10.4 Å². The summed E-state index contributed by atoms with van der Waals surface area (Å²) in [6.07, 6.45) is 0. The minimum absolute atomic E-state index is 0.0418. The standard InChI is InChI=1S/C25H22ClFN4O5/c1-14-4-8-22(21(10-14)31(33)34)35-13-19-7-9-23(36-19)25(32)28-24-15(2)29-30(16(24)3)12-17-5-6-18(27)11-20(17)26/h4-11H,12-13H2,1-3H3,(H,28,32). The second-order valence-electron chi connectivity index (χ2n) is 8.18. The van der Waals surface area contributed by atoms with E-state index >= 15 is 0 Å². The van der Waals surface area contributed by atoms with Gasteiger partial charge in [0.25, 0.3) is 5.91 Å². The van der Waals surface area contributed by atoms with E-state index < -0.39 is 16.6 Å². The highest BCUT2D eigenvalue weighted by molar-refractivity contribution is 6.31. The minimum Gasteiger partial charge on any atom is -0.479 e. The topological polar surface area (TPSA) is 112 Å². The summed E-state index contributed by atoms with van der Waals surface area (Å²) in [5.74, 6) is -0.448. The van der Waals surface area contributed by atoms with Crippen LogP contribution < -0.4 is 10.1 Å². The Labute approximate surface area is 210 Å². The van der Waals surface area contributed by atoms with Gasteiger partial charge >= 0.3 is 5.69 Å². The Morgan fingerprint density at radius 3 is 2.69 bits per heavy atom. The molecule has 11 heteroatoms. The monoisotopic (exact) mass is 512 g/mol. The molecule has 0 saturated heterocycles. The molecule has 1 N–H and O–H groups in total. The van der Waals surface area contributed by atoms with E-state index in [1.54, 1.807) is 43.7 Å². The molecule has 0 saturated carbocycles. The van der Waals surface area contributed by atoms with Gasteiger partial charge in [0.05, 0.1) is 28.5 Å². The van der Waals surface area contributed by atoms with E-state index in [9.17, 15) is 19.3 Å². The van der Waals surface area contributed by atoms with Gasteiger partial charge in [-0.3, -0.25) is 19.6 Å². The van der Waals surface area contributed by atoms with Gasteiger partial charge in [-0.2, -0.15) is 5.10 Å². The average Bonchev–Trinajstić information content (AvgIpc) is 3.40. The lowest BCUT2D eigenvalue weighted by Crippen LogP contribution is -2.12. The van der Waals surface area contributed by atoms with E-state index in [0.717, 1.165) is 5.56 Å². The molecule has 36 heavy (non-hydrogen) atoms. The first kappa shape index (κ1) is 24.9. The number of nitro groups is 1. The van der Waals surface area contributed by atoms with Crippen molar-refractivity contribution in [2.45, 2.75) is 33.9 Å².